The van der Waals surface area contributed by atoms with Gasteiger partial charge in [0.05, 0.1) is 26.4 Å². The summed E-state index contributed by atoms with van der Waals surface area (Å²) in [6.45, 7) is 3.00. The summed E-state index contributed by atoms with van der Waals surface area (Å²) in [5.74, 6) is 0.451. The van der Waals surface area contributed by atoms with Gasteiger partial charge in [-0.15, -0.1) is 10.2 Å². The number of nitrogens with one attached hydrogen (secondary N) is 1. The van der Waals surface area contributed by atoms with Crippen LogP contribution in [0.3, 0.4) is 0 Å². The van der Waals surface area contributed by atoms with Gasteiger partial charge in [0.15, 0.2) is 10.9 Å². The molecule has 0 bridgehead atoms. The van der Waals surface area contributed by atoms with E-state index in [-0.39, 0.29) is 22.3 Å². The molecule has 13 heteroatoms. The van der Waals surface area contributed by atoms with E-state index in [1.165, 1.54) is 35.1 Å². The molecule has 1 N–H and O–H groups in total. The second kappa shape index (κ2) is 12.6. The van der Waals surface area contributed by atoms with Gasteiger partial charge in [-0.3, -0.25) is 14.2 Å². The van der Waals surface area contributed by atoms with E-state index in [2.05, 4.69) is 15.5 Å². The Hall–Kier alpha value is -2.44. The molecular formula is C25H27Cl2N5O4S2. The van der Waals surface area contributed by atoms with Gasteiger partial charge in [0, 0.05) is 38.5 Å². The Kier molecular flexibility index (Phi) is 9.48. The molecule has 0 unspecified atom stereocenters. The summed E-state index contributed by atoms with van der Waals surface area (Å²) in [7, 11) is -3.54. The number of rotatable bonds is 11. The Bertz CT molecular complexity index is 1420. The Morgan fingerprint density at radius 3 is 2.39 bits per heavy atom. The number of amides is 1. The highest BCUT2D eigenvalue weighted by Gasteiger charge is 2.27. The molecule has 2 heterocycles. The molecule has 1 aliphatic heterocycles. The number of sulfonamides is 1. The smallest absolute Gasteiger partial charge is 0.243 e. The summed E-state index contributed by atoms with van der Waals surface area (Å²) in [6.07, 6.45) is 2.90. The van der Waals surface area contributed by atoms with E-state index in [0.29, 0.717) is 64.8 Å². The number of aryl methyl sites for hydroxylation is 1. The van der Waals surface area contributed by atoms with Crippen LogP contribution < -0.4 is 5.32 Å². The van der Waals surface area contributed by atoms with Crippen LogP contribution >= 0.6 is 35.0 Å². The lowest BCUT2D eigenvalue weighted by Gasteiger charge is -2.15. The van der Waals surface area contributed by atoms with Gasteiger partial charge in [-0.1, -0.05) is 47.1 Å². The normalized spacial score (nSPS) is 14.1. The van der Waals surface area contributed by atoms with E-state index >= 15 is 0 Å². The molecule has 0 aliphatic carbocycles. The van der Waals surface area contributed by atoms with Gasteiger partial charge in [-0.25, -0.2) is 8.42 Å². The SMILES string of the molecule is CC(=O)NCCCc1nnc(SCC(=O)c2ccc(S(=O)(=O)N3CCCC3)cc2)n1-c1ccc(Cl)c(Cl)c1. The maximum atomic E-state index is 12.9. The second-order valence-corrected chi connectivity index (χ2v) is 12.5. The van der Waals surface area contributed by atoms with Gasteiger partial charge >= 0.3 is 0 Å². The van der Waals surface area contributed by atoms with Crippen LogP contribution in [0.15, 0.2) is 52.5 Å². The fraction of sp³-hybridized carbons (Fsp3) is 0.360. The predicted molar refractivity (Wildman–Crippen MR) is 148 cm³/mol. The van der Waals surface area contributed by atoms with Crippen LogP contribution in [0.1, 0.15) is 42.4 Å². The Balaban J connectivity index is 1.49. The quantitative estimate of drug-likeness (QED) is 0.198. The Labute approximate surface area is 236 Å². The average molecular weight is 597 g/mol. The van der Waals surface area contributed by atoms with Gasteiger partial charge in [-0.2, -0.15) is 4.31 Å². The van der Waals surface area contributed by atoms with Crippen LogP contribution in [-0.2, 0) is 21.2 Å². The fourth-order valence-electron chi connectivity index (χ4n) is 4.05. The Morgan fingerprint density at radius 2 is 1.74 bits per heavy atom. The van der Waals surface area contributed by atoms with Crippen molar-refractivity contribution in [2.24, 2.45) is 0 Å². The average Bonchev–Trinajstić information content (AvgIpc) is 3.58. The third-order valence-electron chi connectivity index (χ3n) is 6.02. The lowest BCUT2D eigenvalue weighted by molar-refractivity contribution is -0.118. The van der Waals surface area contributed by atoms with Crippen LogP contribution in [0.4, 0.5) is 0 Å². The van der Waals surface area contributed by atoms with Crippen LogP contribution in [0.5, 0.6) is 0 Å². The predicted octanol–water partition coefficient (Wildman–Crippen LogP) is 4.40. The molecule has 1 fully saturated rings. The zero-order valence-corrected chi connectivity index (χ0v) is 23.8. The molecular weight excluding hydrogens is 569 g/mol. The van der Waals surface area contributed by atoms with E-state index in [1.54, 1.807) is 30.3 Å². The molecule has 0 spiro atoms. The molecule has 0 radical (unpaired) electrons. The highest BCUT2D eigenvalue weighted by atomic mass is 35.5. The van der Waals surface area contributed by atoms with Crippen LogP contribution in [0.25, 0.3) is 5.69 Å². The monoisotopic (exact) mass is 595 g/mol. The van der Waals surface area contributed by atoms with E-state index < -0.39 is 10.0 Å². The molecule has 0 atom stereocenters. The third-order valence-corrected chi connectivity index (χ3v) is 9.61. The topological polar surface area (TPSA) is 114 Å². The van der Waals surface area contributed by atoms with E-state index in [9.17, 15) is 18.0 Å². The summed E-state index contributed by atoms with van der Waals surface area (Å²) >= 11 is 13.6. The lowest BCUT2D eigenvalue weighted by atomic mass is 10.1. The van der Waals surface area contributed by atoms with Crippen molar-refractivity contribution in [3.63, 3.8) is 0 Å². The van der Waals surface area contributed by atoms with Crippen molar-refractivity contribution in [3.8, 4) is 5.69 Å². The molecule has 1 saturated heterocycles. The number of thioether (sulfide) groups is 1. The molecule has 38 heavy (non-hydrogen) atoms. The number of Topliss-reactive ketones (excluding diaryl/α,β-unsaturated/α-hetero) is 1. The number of hydrogen-bond acceptors (Lipinski definition) is 7. The second-order valence-electron chi connectivity index (χ2n) is 8.77. The first-order valence-electron chi connectivity index (χ1n) is 12.1. The summed E-state index contributed by atoms with van der Waals surface area (Å²) in [5.41, 5.74) is 1.11. The van der Waals surface area contributed by atoms with Crippen molar-refractivity contribution in [3.05, 3.63) is 63.9 Å². The molecule has 1 amide bonds. The number of benzene rings is 2. The number of halogens is 2. The minimum Gasteiger partial charge on any atom is -0.356 e. The highest BCUT2D eigenvalue weighted by molar-refractivity contribution is 7.99. The summed E-state index contributed by atoms with van der Waals surface area (Å²) < 4.78 is 28.8. The zero-order valence-electron chi connectivity index (χ0n) is 20.7. The number of aromatic nitrogens is 3. The minimum absolute atomic E-state index is 0.0730. The first-order chi connectivity index (χ1) is 18.2. The molecule has 202 valence electrons. The van der Waals surface area contributed by atoms with Crippen molar-refractivity contribution in [2.45, 2.75) is 42.7 Å². The first kappa shape index (κ1) is 28.6. The van der Waals surface area contributed by atoms with Gasteiger partial charge in [0.2, 0.25) is 15.9 Å². The van der Waals surface area contributed by atoms with Crippen molar-refractivity contribution in [1.29, 1.82) is 0 Å². The molecule has 2 aromatic carbocycles. The van der Waals surface area contributed by atoms with Crippen molar-refractivity contribution in [2.75, 3.05) is 25.4 Å². The van der Waals surface area contributed by atoms with Crippen LogP contribution in [0.2, 0.25) is 10.0 Å². The lowest BCUT2D eigenvalue weighted by Crippen LogP contribution is -2.27. The van der Waals surface area contributed by atoms with E-state index in [1.807, 2.05) is 4.57 Å². The minimum atomic E-state index is -3.54. The maximum Gasteiger partial charge on any atom is 0.243 e. The standard InChI is InChI=1S/C25H27Cl2N5O4S2/c1-17(33)28-12-4-5-24-29-30-25(32(24)19-8-11-21(26)22(27)15-19)37-16-23(34)18-6-9-20(10-7-18)38(35,36)31-13-2-3-14-31/h6-11,15H,2-5,12-14,16H2,1H3,(H,28,33). The van der Waals surface area contributed by atoms with Crippen molar-refractivity contribution >= 4 is 56.7 Å². The van der Waals surface area contributed by atoms with Gasteiger partial charge in [0.25, 0.3) is 0 Å². The largest absolute Gasteiger partial charge is 0.356 e. The number of carbonyl (C=O) groups is 2. The van der Waals surface area contributed by atoms with Crippen molar-refractivity contribution < 1.29 is 18.0 Å². The molecule has 0 saturated carbocycles. The molecule has 9 nitrogen and oxygen atoms in total. The molecule has 4 rings (SSSR count). The summed E-state index contributed by atoms with van der Waals surface area (Å²) in [5, 5.41) is 12.6. The molecule has 1 aromatic heterocycles. The third kappa shape index (κ3) is 6.76. The van der Waals surface area contributed by atoms with Crippen molar-refractivity contribution in [1.82, 2.24) is 24.4 Å². The summed E-state index contributed by atoms with van der Waals surface area (Å²) in [4.78, 5) is 24.3. The number of hydrogen-bond donors (Lipinski definition) is 1. The number of carbonyl (C=O) groups excluding carboxylic acids is 2. The van der Waals surface area contributed by atoms with Gasteiger partial charge in [-0.05, 0) is 49.6 Å². The van der Waals surface area contributed by atoms with Gasteiger partial charge in [0.1, 0.15) is 5.82 Å². The molecule has 1 aliphatic rings. The van der Waals surface area contributed by atoms with E-state index in [4.69, 9.17) is 23.2 Å². The molecule has 3 aromatic rings. The first-order valence-corrected chi connectivity index (χ1v) is 15.3. The highest BCUT2D eigenvalue weighted by Crippen LogP contribution is 2.29. The van der Waals surface area contributed by atoms with Crippen LogP contribution in [-0.4, -0.2) is 64.6 Å². The number of nitrogens with zero attached hydrogens (tertiary/aromatic N) is 4. The number of ketones is 1. The fourth-order valence-corrected chi connectivity index (χ4v) is 6.73. The Morgan fingerprint density at radius 1 is 1.03 bits per heavy atom. The summed E-state index contributed by atoms with van der Waals surface area (Å²) in [6, 6.07) is 11.2. The van der Waals surface area contributed by atoms with Crippen LogP contribution in [0, 0.1) is 0 Å². The zero-order chi connectivity index (χ0) is 27.3. The maximum absolute atomic E-state index is 12.9. The van der Waals surface area contributed by atoms with Gasteiger partial charge < -0.3 is 5.32 Å². The van der Waals surface area contributed by atoms with E-state index in [0.717, 1.165) is 12.8 Å².